The van der Waals surface area contributed by atoms with Crippen molar-refractivity contribution in [1.29, 1.82) is 0 Å². The van der Waals surface area contributed by atoms with E-state index in [1.54, 1.807) is 0 Å². The number of nitrogens with one attached hydrogen (secondary N) is 1. The predicted octanol–water partition coefficient (Wildman–Crippen LogP) is 8.06. The van der Waals surface area contributed by atoms with E-state index in [4.69, 9.17) is 0 Å². The molecular weight excluding hydrogens is 374 g/mol. The predicted molar refractivity (Wildman–Crippen MR) is 133 cm³/mol. The summed E-state index contributed by atoms with van der Waals surface area (Å²) in [5.74, 6) is 1.11. The van der Waals surface area contributed by atoms with Crippen LogP contribution in [-0.4, -0.2) is 4.98 Å². The summed E-state index contributed by atoms with van der Waals surface area (Å²) in [4.78, 5) is 3.62. The monoisotopic (exact) mass is 401 g/mol. The van der Waals surface area contributed by atoms with E-state index < -0.39 is 0 Å². The largest absolute Gasteiger partial charge is 0.354 e. The minimum absolute atomic E-state index is 0.533. The molecule has 2 unspecified atom stereocenters. The molecule has 3 aliphatic carbocycles. The van der Waals surface area contributed by atoms with Gasteiger partial charge in [0.15, 0.2) is 0 Å². The fraction of sp³-hybridized carbons (Fsp3) is 0.200. The van der Waals surface area contributed by atoms with Gasteiger partial charge in [0, 0.05) is 21.8 Å². The lowest BCUT2D eigenvalue weighted by molar-refractivity contribution is 0.481. The van der Waals surface area contributed by atoms with E-state index >= 15 is 0 Å². The number of benzene rings is 2. The number of fused-ring (bicyclic) bond motifs is 3. The van der Waals surface area contributed by atoms with E-state index in [0.29, 0.717) is 11.8 Å². The maximum absolute atomic E-state index is 3.62. The number of para-hydroxylation sites is 1. The lowest BCUT2D eigenvalue weighted by Gasteiger charge is -2.29. The van der Waals surface area contributed by atoms with Gasteiger partial charge in [-0.3, -0.25) is 0 Å². The molecule has 152 valence electrons. The fourth-order valence-corrected chi connectivity index (χ4v) is 5.29. The second-order valence-electron chi connectivity index (χ2n) is 8.94. The van der Waals surface area contributed by atoms with Gasteiger partial charge in [0.1, 0.15) is 0 Å². The van der Waals surface area contributed by atoms with E-state index in [1.165, 1.54) is 44.1 Å². The minimum Gasteiger partial charge on any atom is -0.354 e. The highest BCUT2D eigenvalue weighted by molar-refractivity contribution is 6.07. The first-order valence-electron chi connectivity index (χ1n) is 11.5. The normalized spacial score (nSPS) is 23.2. The summed E-state index contributed by atoms with van der Waals surface area (Å²) in [7, 11) is 0. The summed E-state index contributed by atoms with van der Waals surface area (Å²) in [5.41, 5.74) is 8.00. The molecule has 2 aromatic carbocycles. The van der Waals surface area contributed by atoms with Gasteiger partial charge in [-0.05, 0) is 71.9 Å². The molecule has 0 radical (unpaired) electrons. The van der Waals surface area contributed by atoms with Crippen molar-refractivity contribution in [2.24, 2.45) is 11.8 Å². The molecule has 1 heterocycles. The van der Waals surface area contributed by atoms with E-state index in [2.05, 4.69) is 102 Å². The molecule has 0 bridgehead atoms. The number of allylic oxidation sites excluding steroid dienone is 12. The van der Waals surface area contributed by atoms with Crippen LogP contribution in [0.2, 0.25) is 0 Å². The van der Waals surface area contributed by atoms with Gasteiger partial charge in [-0.2, -0.15) is 0 Å². The van der Waals surface area contributed by atoms with Crippen molar-refractivity contribution in [3.63, 3.8) is 0 Å². The molecule has 1 heteroatoms. The van der Waals surface area contributed by atoms with Crippen LogP contribution in [0.5, 0.6) is 0 Å². The molecule has 0 spiro atoms. The third-order valence-corrected chi connectivity index (χ3v) is 6.95. The highest BCUT2D eigenvalue weighted by Gasteiger charge is 2.24. The van der Waals surface area contributed by atoms with Crippen LogP contribution >= 0.6 is 0 Å². The van der Waals surface area contributed by atoms with Crippen molar-refractivity contribution < 1.29 is 0 Å². The second-order valence-corrected chi connectivity index (χ2v) is 8.94. The summed E-state index contributed by atoms with van der Waals surface area (Å²) in [6.07, 6.45) is 25.6. The van der Waals surface area contributed by atoms with E-state index in [0.717, 1.165) is 25.7 Å². The molecule has 31 heavy (non-hydrogen) atoms. The Morgan fingerprint density at radius 1 is 0.806 bits per heavy atom. The Labute approximate surface area is 183 Å². The summed E-state index contributed by atoms with van der Waals surface area (Å²) >= 11 is 0. The molecular formula is C30H27N. The lowest BCUT2D eigenvalue weighted by atomic mass is 9.76. The van der Waals surface area contributed by atoms with Crippen molar-refractivity contribution in [2.45, 2.75) is 25.7 Å². The SMILES string of the molecule is C1=CCC(C2C=C(C3=CCCC=C3)C=C(c3ccc4c(c3)[nH]c3ccccc34)C2)C=C1. The Hall–Kier alpha value is -3.32. The molecule has 3 aliphatic rings. The highest BCUT2D eigenvalue weighted by atomic mass is 14.7. The van der Waals surface area contributed by atoms with Gasteiger partial charge in [0.05, 0.1) is 0 Å². The van der Waals surface area contributed by atoms with Crippen LogP contribution in [0.25, 0.3) is 27.4 Å². The molecule has 1 N–H and O–H groups in total. The zero-order chi connectivity index (χ0) is 20.6. The lowest BCUT2D eigenvalue weighted by Crippen LogP contribution is -2.15. The fourth-order valence-electron chi connectivity index (χ4n) is 5.29. The van der Waals surface area contributed by atoms with Crippen molar-refractivity contribution in [3.8, 4) is 0 Å². The van der Waals surface area contributed by atoms with Gasteiger partial charge >= 0.3 is 0 Å². The molecule has 0 fully saturated rings. The van der Waals surface area contributed by atoms with Gasteiger partial charge in [0.25, 0.3) is 0 Å². The summed E-state index contributed by atoms with van der Waals surface area (Å²) < 4.78 is 0. The minimum atomic E-state index is 0.533. The average molecular weight is 402 g/mol. The Morgan fingerprint density at radius 3 is 2.61 bits per heavy atom. The Bertz CT molecular complexity index is 1340. The molecule has 1 aromatic heterocycles. The molecule has 3 aromatic rings. The summed E-state index contributed by atoms with van der Waals surface area (Å²) in [6.45, 7) is 0. The van der Waals surface area contributed by atoms with Gasteiger partial charge in [0.2, 0.25) is 0 Å². The van der Waals surface area contributed by atoms with Crippen molar-refractivity contribution >= 4 is 27.4 Å². The maximum Gasteiger partial charge on any atom is 0.0470 e. The molecule has 0 saturated carbocycles. The zero-order valence-electron chi connectivity index (χ0n) is 17.7. The molecule has 1 nitrogen and oxygen atoms in total. The molecule has 0 aliphatic heterocycles. The van der Waals surface area contributed by atoms with Gasteiger partial charge in [-0.25, -0.2) is 0 Å². The van der Waals surface area contributed by atoms with E-state index in [-0.39, 0.29) is 0 Å². The first-order chi connectivity index (χ1) is 15.3. The van der Waals surface area contributed by atoms with Crippen LogP contribution in [-0.2, 0) is 0 Å². The first-order valence-corrected chi connectivity index (χ1v) is 11.5. The van der Waals surface area contributed by atoms with Crippen LogP contribution in [0.4, 0.5) is 0 Å². The topological polar surface area (TPSA) is 15.8 Å². The molecule has 0 amide bonds. The van der Waals surface area contributed by atoms with Gasteiger partial charge in [-0.1, -0.05) is 85.0 Å². The van der Waals surface area contributed by atoms with E-state index in [9.17, 15) is 0 Å². The van der Waals surface area contributed by atoms with Crippen LogP contribution in [0, 0.1) is 11.8 Å². The number of H-pyrrole nitrogens is 1. The first kappa shape index (κ1) is 18.4. The highest BCUT2D eigenvalue weighted by Crippen LogP contribution is 2.40. The van der Waals surface area contributed by atoms with E-state index in [1.807, 2.05) is 0 Å². The number of hydrogen-bond donors (Lipinski definition) is 1. The third-order valence-electron chi connectivity index (χ3n) is 6.95. The number of hydrogen-bond acceptors (Lipinski definition) is 0. The quantitative estimate of drug-likeness (QED) is 0.457. The van der Waals surface area contributed by atoms with Crippen LogP contribution in [0.3, 0.4) is 0 Å². The Morgan fingerprint density at radius 2 is 1.74 bits per heavy atom. The van der Waals surface area contributed by atoms with Crippen molar-refractivity contribution in [3.05, 3.63) is 114 Å². The number of aromatic amines is 1. The molecule has 0 saturated heterocycles. The van der Waals surface area contributed by atoms with Crippen LogP contribution < -0.4 is 0 Å². The Kier molecular flexibility index (Phi) is 4.61. The second kappa shape index (κ2) is 7.74. The summed E-state index contributed by atoms with van der Waals surface area (Å²) in [5, 5.41) is 2.61. The zero-order valence-corrected chi connectivity index (χ0v) is 17.7. The number of aromatic nitrogens is 1. The van der Waals surface area contributed by atoms with Gasteiger partial charge in [-0.15, -0.1) is 0 Å². The molecule has 2 atom stereocenters. The Balaban J connectivity index is 1.42. The average Bonchev–Trinajstić information content (AvgIpc) is 3.23. The molecule has 6 rings (SSSR count). The third kappa shape index (κ3) is 3.45. The van der Waals surface area contributed by atoms with Gasteiger partial charge < -0.3 is 4.98 Å². The summed E-state index contributed by atoms with van der Waals surface area (Å²) in [6, 6.07) is 15.5. The standard InChI is InChI=1S/C30H27N/c1-3-9-21(10-4-1)24-17-25(22-11-5-2-6-12-22)19-26(18-24)23-15-16-28-27-13-7-8-14-29(27)31-30(28)20-23/h1,3-5,7-9,11-17,19-21,24,31H,2,6,10,18H2. The van der Waals surface area contributed by atoms with Crippen LogP contribution in [0.15, 0.2) is 108 Å². The van der Waals surface area contributed by atoms with Crippen LogP contribution in [0.1, 0.15) is 31.2 Å². The van der Waals surface area contributed by atoms with Crippen molar-refractivity contribution in [1.82, 2.24) is 4.98 Å². The maximum atomic E-state index is 3.62. The number of rotatable bonds is 3. The smallest absolute Gasteiger partial charge is 0.0470 e. The van der Waals surface area contributed by atoms with Crippen molar-refractivity contribution in [2.75, 3.05) is 0 Å².